The maximum Gasteiger partial charge on any atom is 0.241 e. The minimum absolute atomic E-state index is 0.175. The lowest BCUT2D eigenvalue weighted by Gasteiger charge is -2.18. The molecule has 0 saturated carbocycles. The third-order valence-electron chi connectivity index (χ3n) is 4.26. The zero-order chi connectivity index (χ0) is 18.0. The summed E-state index contributed by atoms with van der Waals surface area (Å²) in [7, 11) is -3.67. The SMILES string of the molecule is Cc1ccc(C)c(C(C)NS(=O)(=O)c2ccc3c(c2)OCCCO3)c1. The van der Waals surface area contributed by atoms with Gasteiger partial charge in [0, 0.05) is 18.5 Å². The van der Waals surface area contributed by atoms with Gasteiger partial charge in [-0.2, -0.15) is 0 Å². The molecule has 3 rings (SSSR count). The van der Waals surface area contributed by atoms with Crippen molar-refractivity contribution in [3.63, 3.8) is 0 Å². The zero-order valence-electron chi connectivity index (χ0n) is 14.7. The molecule has 25 heavy (non-hydrogen) atoms. The van der Waals surface area contributed by atoms with E-state index in [0.29, 0.717) is 24.7 Å². The highest BCUT2D eigenvalue weighted by Crippen LogP contribution is 2.32. The average molecular weight is 361 g/mol. The van der Waals surface area contributed by atoms with Crippen LogP contribution in [0, 0.1) is 13.8 Å². The summed E-state index contributed by atoms with van der Waals surface area (Å²) in [6.45, 7) is 6.91. The molecule has 1 atom stereocenters. The first-order valence-corrected chi connectivity index (χ1v) is 9.84. The summed E-state index contributed by atoms with van der Waals surface area (Å²) in [5.74, 6) is 1.05. The van der Waals surface area contributed by atoms with Crippen molar-refractivity contribution in [1.82, 2.24) is 4.72 Å². The number of hydrogen-bond acceptors (Lipinski definition) is 4. The highest BCUT2D eigenvalue weighted by atomic mass is 32.2. The van der Waals surface area contributed by atoms with Gasteiger partial charge in [0.05, 0.1) is 18.1 Å². The molecule has 0 amide bonds. The van der Waals surface area contributed by atoms with Crippen LogP contribution in [-0.2, 0) is 10.0 Å². The van der Waals surface area contributed by atoms with Gasteiger partial charge in [-0.05, 0) is 44.0 Å². The van der Waals surface area contributed by atoms with Gasteiger partial charge in [0.25, 0.3) is 0 Å². The van der Waals surface area contributed by atoms with Crippen molar-refractivity contribution in [2.45, 2.75) is 38.1 Å². The normalized spacial score (nSPS) is 15.5. The first-order chi connectivity index (χ1) is 11.9. The fourth-order valence-corrected chi connectivity index (χ4v) is 4.14. The van der Waals surface area contributed by atoms with Gasteiger partial charge >= 0.3 is 0 Å². The van der Waals surface area contributed by atoms with E-state index in [9.17, 15) is 8.42 Å². The van der Waals surface area contributed by atoms with Crippen LogP contribution in [0.4, 0.5) is 0 Å². The van der Waals surface area contributed by atoms with E-state index in [1.807, 2.05) is 39.0 Å². The summed E-state index contributed by atoms with van der Waals surface area (Å²) in [6, 6.07) is 10.4. The van der Waals surface area contributed by atoms with E-state index in [0.717, 1.165) is 23.1 Å². The number of rotatable bonds is 4. The molecule has 1 aliphatic rings. The summed E-state index contributed by atoms with van der Waals surface area (Å²) in [5.41, 5.74) is 3.12. The van der Waals surface area contributed by atoms with Crippen molar-refractivity contribution in [3.05, 3.63) is 53.1 Å². The Morgan fingerprint density at radius 3 is 2.48 bits per heavy atom. The van der Waals surface area contributed by atoms with Gasteiger partial charge in [-0.3, -0.25) is 0 Å². The lowest BCUT2D eigenvalue weighted by Crippen LogP contribution is -2.27. The number of aryl methyl sites for hydroxylation is 2. The second kappa shape index (κ2) is 7.06. The summed E-state index contributed by atoms with van der Waals surface area (Å²) < 4.78 is 39.5. The monoisotopic (exact) mass is 361 g/mol. The Labute approximate surface area is 149 Å². The van der Waals surface area contributed by atoms with Crippen molar-refractivity contribution in [2.75, 3.05) is 13.2 Å². The van der Waals surface area contributed by atoms with E-state index in [1.165, 1.54) is 6.07 Å². The van der Waals surface area contributed by atoms with E-state index in [-0.39, 0.29) is 10.9 Å². The van der Waals surface area contributed by atoms with Crippen molar-refractivity contribution >= 4 is 10.0 Å². The van der Waals surface area contributed by atoms with E-state index in [1.54, 1.807) is 12.1 Å². The predicted octanol–water partition coefficient (Wildman–Crippen LogP) is 3.50. The molecule has 1 unspecified atom stereocenters. The fourth-order valence-electron chi connectivity index (χ4n) is 2.90. The lowest BCUT2D eigenvalue weighted by atomic mass is 10.0. The number of sulfonamides is 1. The number of fused-ring (bicyclic) bond motifs is 1. The van der Waals surface area contributed by atoms with E-state index in [4.69, 9.17) is 9.47 Å². The van der Waals surface area contributed by atoms with Crippen molar-refractivity contribution in [2.24, 2.45) is 0 Å². The van der Waals surface area contributed by atoms with E-state index >= 15 is 0 Å². The van der Waals surface area contributed by atoms with Crippen LogP contribution in [0.25, 0.3) is 0 Å². The van der Waals surface area contributed by atoms with Crippen molar-refractivity contribution in [3.8, 4) is 11.5 Å². The molecule has 1 heterocycles. The first kappa shape index (κ1) is 17.8. The highest BCUT2D eigenvalue weighted by Gasteiger charge is 2.22. The first-order valence-electron chi connectivity index (χ1n) is 8.36. The molecule has 1 aliphatic heterocycles. The Bertz CT molecular complexity index is 877. The molecule has 0 fully saturated rings. The van der Waals surface area contributed by atoms with Gasteiger partial charge in [0.1, 0.15) is 0 Å². The van der Waals surface area contributed by atoms with Crippen LogP contribution in [0.2, 0.25) is 0 Å². The largest absolute Gasteiger partial charge is 0.490 e. The van der Waals surface area contributed by atoms with Crippen LogP contribution < -0.4 is 14.2 Å². The third kappa shape index (κ3) is 3.96. The molecule has 134 valence electrons. The summed E-state index contributed by atoms with van der Waals surface area (Å²) in [6.07, 6.45) is 0.776. The maximum absolute atomic E-state index is 12.8. The van der Waals surface area contributed by atoms with E-state index in [2.05, 4.69) is 4.72 Å². The van der Waals surface area contributed by atoms with Gasteiger partial charge in [0.2, 0.25) is 10.0 Å². The molecule has 0 spiro atoms. The van der Waals surface area contributed by atoms with E-state index < -0.39 is 10.0 Å². The molecule has 2 aromatic carbocycles. The Hall–Kier alpha value is -2.05. The second-order valence-corrected chi connectivity index (χ2v) is 8.08. The van der Waals surface area contributed by atoms with Gasteiger partial charge in [-0.15, -0.1) is 0 Å². The Balaban J connectivity index is 1.86. The van der Waals surface area contributed by atoms with Crippen LogP contribution in [0.1, 0.15) is 36.1 Å². The molecule has 5 nitrogen and oxygen atoms in total. The van der Waals surface area contributed by atoms with Crippen LogP contribution in [0.5, 0.6) is 11.5 Å². The second-order valence-electron chi connectivity index (χ2n) is 6.36. The Morgan fingerprint density at radius 2 is 1.72 bits per heavy atom. The molecule has 0 saturated heterocycles. The fraction of sp³-hybridized carbons (Fsp3) is 0.368. The van der Waals surface area contributed by atoms with Gasteiger partial charge < -0.3 is 9.47 Å². The molecule has 1 N–H and O–H groups in total. The standard InChI is InChI=1S/C19H23NO4S/c1-13-5-6-14(2)17(11-13)15(3)20-25(21,22)16-7-8-18-19(12-16)24-10-4-9-23-18/h5-8,11-12,15,20H,4,9-10H2,1-3H3. The topological polar surface area (TPSA) is 64.6 Å². The number of nitrogens with one attached hydrogen (secondary N) is 1. The minimum Gasteiger partial charge on any atom is -0.490 e. The predicted molar refractivity (Wildman–Crippen MR) is 96.7 cm³/mol. The smallest absolute Gasteiger partial charge is 0.241 e. The molecule has 0 radical (unpaired) electrons. The van der Waals surface area contributed by atoms with Crippen molar-refractivity contribution in [1.29, 1.82) is 0 Å². The van der Waals surface area contributed by atoms with Crippen LogP contribution in [0.3, 0.4) is 0 Å². The van der Waals surface area contributed by atoms with Crippen LogP contribution in [0.15, 0.2) is 41.3 Å². The van der Waals surface area contributed by atoms with Crippen LogP contribution in [-0.4, -0.2) is 21.6 Å². The number of benzene rings is 2. The summed E-state index contributed by atoms with van der Waals surface area (Å²) in [4.78, 5) is 0.175. The third-order valence-corrected chi connectivity index (χ3v) is 5.80. The molecular weight excluding hydrogens is 338 g/mol. The minimum atomic E-state index is -3.67. The number of hydrogen-bond donors (Lipinski definition) is 1. The summed E-state index contributed by atoms with van der Waals surface area (Å²) >= 11 is 0. The zero-order valence-corrected chi connectivity index (χ0v) is 15.5. The molecule has 0 bridgehead atoms. The van der Waals surface area contributed by atoms with Gasteiger partial charge in [0.15, 0.2) is 11.5 Å². The highest BCUT2D eigenvalue weighted by molar-refractivity contribution is 7.89. The summed E-state index contributed by atoms with van der Waals surface area (Å²) in [5, 5.41) is 0. The van der Waals surface area contributed by atoms with Gasteiger partial charge in [-0.1, -0.05) is 23.8 Å². The molecule has 0 aliphatic carbocycles. The maximum atomic E-state index is 12.8. The van der Waals surface area contributed by atoms with Crippen molar-refractivity contribution < 1.29 is 17.9 Å². The molecule has 2 aromatic rings. The quantitative estimate of drug-likeness (QED) is 0.905. The van der Waals surface area contributed by atoms with Gasteiger partial charge in [-0.25, -0.2) is 13.1 Å². The average Bonchev–Trinajstić information content (AvgIpc) is 2.81. The molecule has 0 aromatic heterocycles. The van der Waals surface area contributed by atoms with Crippen LogP contribution >= 0.6 is 0 Å². The lowest BCUT2D eigenvalue weighted by molar-refractivity contribution is 0.297. The molecule has 6 heteroatoms. The Kier molecular flexibility index (Phi) is 5.01. The molecular formula is C19H23NO4S. The Morgan fingerprint density at radius 1 is 1.00 bits per heavy atom. The number of ether oxygens (including phenoxy) is 2.